The number of hydrogen-bond donors (Lipinski definition) is 0. The molecule has 0 atom stereocenters. The van der Waals surface area contributed by atoms with E-state index in [9.17, 15) is 10.1 Å². The van der Waals surface area contributed by atoms with Crippen molar-refractivity contribution in [3.05, 3.63) is 44.7 Å². The SMILES string of the molecule is C\C=C(CC)/C(C)=C(\C(=C\C)CC)[N+](=O)[O-]. The van der Waals surface area contributed by atoms with Crippen molar-refractivity contribution < 1.29 is 4.92 Å². The van der Waals surface area contributed by atoms with E-state index < -0.39 is 0 Å². The van der Waals surface area contributed by atoms with Crippen LogP contribution in [0.3, 0.4) is 0 Å². The van der Waals surface area contributed by atoms with Crippen molar-refractivity contribution in [2.24, 2.45) is 0 Å². The largest absolute Gasteiger partial charge is 0.275 e. The van der Waals surface area contributed by atoms with Gasteiger partial charge < -0.3 is 0 Å². The fraction of sp³-hybridized carbons (Fsp3) is 0.538. The van der Waals surface area contributed by atoms with Crippen molar-refractivity contribution in [1.82, 2.24) is 0 Å². The van der Waals surface area contributed by atoms with E-state index in [1.807, 2.05) is 46.8 Å². The second-order valence-electron chi connectivity index (χ2n) is 3.57. The number of hydrogen-bond acceptors (Lipinski definition) is 2. The number of allylic oxidation sites excluding steroid dienone is 5. The maximum Gasteiger partial charge on any atom is 0.275 e. The second-order valence-corrected chi connectivity index (χ2v) is 3.57. The van der Waals surface area contributed by atoms with Crippen LogP contribution < -0.4 is 0 Å². The van der Waals surface area contributed by atoms with E-state index in [4.69, 9.17) is 0 Å². The summed E-state index contributed by atoms with van der Waals surface area (Å²) in [6.45, 7) is 9.54. The first-order valence-corrected chi connectivity index (χ1v) is 5.69. The molecule has 0 radical (unpaired) electrons. The summed E-state index contributed by atoms with van der Waals surface area (Å²) in [6, 6.07) is 0. The quantitative estimate of drug-likeness (QED) is 0.397. The highest BCUT2D eigenvalue weighted by atomic mass is 16.6. The number of rotatable bonds is 5. The van der Waals surface area contributed by atoms with Gasteiger partial charge in [0.05, 0.1) is 4.92 Å². The summed E-state index contributed by atoms with van der Waals surface area (Å²) in [6.07, 6.45) is 5.28. The fourth-order valence-corrected chi connectivity index (χ4v) is 1.84. The van der Waals surface area contributed by atoms with Crippen LogP contribution in [0.4, 0.5) is 0 Å². The monoisotopic (exact) mass is 223 g/mol. The molecule has 0 rings (SSSR count). The Morgan fingerprint density at radius 3 is 1.81 bits per heavy atom. The lowest BCUT2D eigenvalue weighted by molar-refractivity contribution is -0.422. The molecule has 0 saturated heterocycles. The first kappa shape index (κ1) is 14.6. The Kier molecular flexibility index (Phi) is 6.38. The molecular weight excluding hydrogens is 202 g/mol. The zero-order chi connectivity index (χ0) is 12.7. The molecule has 3 heteroatoms. The van der Waals surface area contributed by atoms with Crippen LogP contribution in [0, 0.1) is 10.1 Å². The van der Waals surface area contributed by atoms with Crippen LogP contribution in [0.1, 0.15) is 47.5 Å². The van der Waals surface area contributed by atoms with Crippen molar-refractivity contribution in [2.75, 3.05) is 0 Å². The molecule has 16 heavy (non-hydrogen) atoms. The third-order valence-electron chi connectivity index (χ3n) is 2.78. The summed E-state index contributed by atoms with van der Waals surface area (Å²) in [5.74, 6) is 0. The topological polar surface area (TPSA) is 43.1 Å². The maximum absolute atomic E-state index is 11.1. The van der Waals surface area contributed by atoms with Gasteiger partial charge in [0.25, 0.3) is 5.70 Å². The van der Waals surface area contributed by atoms with Gasteiger partial charge in [-0.15, -0.1) is 0 Å². The van der Waals surface area contributed by atoms with Crippen LogP contribution in [0.2, 0.25) is 0 Å². The van der Waals surface area contributed by atoms with Crippen LogP contribution >= 0.6 is 0 Å². The minimum atomic E-state index is -0.271. The van der Waals surface area contributed by atoms with Crippen molar-refractivity contribution in [1.29, 1.82) is 0 Å². The first-order valence-electron chi connectivity index (χ1n) is 5.69. The van der Waals surface area contributed by atoms with E-state index in [0.29, 0.717) is 6.42 Å². The molecule has 0 aliphatic rings. The van der Waals surface area contributed by atoms with Gasteiger partial charge in [-0.3, -0.25) is 10.1 Å². The van der Waals surface area contributed by atoms with Crippen LogP contribution in [0.5, 0.6) is 0 Å². The van der Waals surface area contributed by atoms with Gasteiger partial charge in [0.15, 0.2) is 0 Å². The van der Waals surface area contributed by atoms with Gasteiger partial charge >= 0.3 is 0 Å². The summed E-state index contributed by atoms with van der Waals surface area (Å²) in [7, 11) is 0. The predicted octanol–water partition coefficient (Wildman–Crippen LogP) is 4.25. The van der Waals surface area contributed by atoms with Gasteiger partial charge in [-0.25, -0.2) is 0 Å². The van der Waals surface area contributed by atoms with E-state index in [2.05, 4.69) is 0 Å². The van der Waals surface area contributed by atoms with Gasteiger partial charge in [-0.05, 0) is 39.2 Å². The normalized spacial score (nSPS) is 14.8. The maximum atomic E-state index is 11.1. The molecule has 0 amide bonds. The molecule has 0 aliphatic heterocycles. The minimum Gasteiger partial charge on any atom is -0.258 e. The van der Waals surface area contributed by atoms with Gasteiger partial charge in [-0.2, -0.15) is 0 Å². The Hall–Kier alpha value is -1.38. The third-order valence-corrected chi connectivity index (χ3v) is 2.78. The molecule has 0 aromatic carbocycles. The van der Waals surface area contributed by atoms with Crippen LogP contribution in [-0.4, -0.2) is 4.92 Å². The molecule has 90 valence electrons. The Labute approximate surface area is 97.7 Å². The predicted molar refractivity (Wildman–Crippen MR) is 67.8 cm³/mol. The minimum absolute atomic E-state index is 0.264. The van der Waals surface area contributed by atoms with E-state index >= 15 is 0 Å². The average molecular weight is 223 g/mol. The number of nitrogens with zero attached hydrogens (tertiary/aromatic N) is 1. The molecule has 3 nitrogen and oxygen atoms in total. The highest BCUT2D eigenvalue weighted by Gasteiger charge is 2.20. The van der Waals surface area contributed by atoms with Crippen molar-refractivity contribution in [3.8, 4) is 0 Å². The van der Waals surface area contributed by atoms with Gasteiger partial charge in [-0.1, -0.05) is 26.0 Å². The smallest absolute Gasteiger partial charge is 0.258 e. The molecule has 0 bridgehead atoms. The van der Waals surface area contributed by atoms with E-state index in [1.54, 1.807) is 0 Å². The Morgan fingerprint density at radius 1 is 1.12 bits per heavy atom. The van der Waals surface area contributed by atoms with Crippen LogP contribution in [-0.2, 0) is 0 Å². The lowest BCUT2D eigenvalue weighted by Gasteiger charge is -2.08. The molecule has 0 spiro atoms. The summed E-state index contributed by atoms with van der Waals surface area (Å²) in [4.78, 5) is 10.8. The highest BCUT2D eigenvalue weighted by molar-refractivity contribution is 5.39. The first-order chi connectivity index (χ1) is 7.53. The molecule has 0 aromatic rings. The van der Waals surface area contributed by atoms with Crippen molar-refractivity contribution in [3.63, 3.8) is 0 Å². The molecule has 0 N–H and O–H groups in total. The summed E-state index contributed by atoms with van der Waals surface area (Å²) >= 11 is 0. The third kappa shape index (κ3) is 3.33. The summed E-state index contributed by atoms with van der Waals surface area (Å²) in [5.41, 5.74) is 2.89. The Morgan fingerprint density at radius 2 is 1.56 bits per heavy atom. The molecule has 0 heterocycles. The van der Waals surface area contributed by atoms with Gasteiger partial charge in [0, 0.05) is 11.1 Å². The molecule has 0 fully saturated rings. The molecule has 0 aliphatic carbocycles. The van der Waals surface area contributed by atoms with Crippen LogP contribution in [0.25, 0.3) is 0 Å². The van der Waals surface area contributed by atoms with Crippen molar-refractivity contribution >= 4 is 0 Å². The Bertz CT molecular complexity index is 349. The average Bonchev–Trinajstić information content (AvgIpc) is 2.26. The molecule has 0 saturated carbocycles. The fourth-order valence-electron chi connectivity index (χ4n) is 1.84. The molecule has 0 unspecified atom stereocenters. The Balaban J connectivity index is 5.67. The lowest BCUT2D eigenvalue weighted by atomic mass is 9.98. The lowest BCUT2D eigenvalue weighted by Crippen LogP contribution is -2.06. The number of nitro groups is 1. The molecular formula is C13H21NO2. The highest BCUT2D eigenvalue weighted by Crippen LogP contribution is 2.24. The van der Waals surface area contributed by atoms with Crippen molar-refractivity contribution in [2.45, 2.75) is 47.5 Å². The zero-order valence-corrected chi connectivity index (χ0v) is 10.8. The molecule has 0 aromatic heterocycles. The van der Waals surface area contributed by atoms with E-state index in [-0.39, 0.29) is 10.6 Å². The van der Waals surface area contributed by atoms with Gasteiger partial charge in [0.2, 0.25) is 0 Å². The van der Waals surface area contributed by atoms with E-state index in [1.165, 1.54) is 0 Å². The second kappa shape index (κ2) is 6.99. The van der Waals surface area contributed by atoms with Gasteiger partial charge in [0.1, 0.15) is 0 Å². The van der Waals surface area contributed by atoms with E-state index in [0.717, 1.165) is 23.1 Å². The standard InChI is InChI=1S/C13H21NO2/c1-6-11(7-2)10(5)13(14(15)16)12(8-3)9-4/h6,8H,7,9H2,1-5H3/b11-6-,12-8+,13-10+. The summed E-state index contributed by atoms with van der Waals surface area (Å²) in [5, 5.41) is 11.1. The van der Waals surface area contributed by atoms with Crippen LogP contribution in [0.15, 0.2) is 34.6 Å². The summed E-state index contributed by atoms with van der Waals surface area (Å²) < 4.78 is 0. The zero-order valence-electron chi connectivity index (χ0n) is 10.8.